The third kappa shape index (κ3) is 2.97. The van der Waals surface area contributed by atoms with Crippen molar-refractivity contribution in [2.75, 3.05) is 7.05 Å². The summed E-state index contributed by atoms with van der Waals surface area (Å²) in [4.78, 5) is 57.5. The maximum atomic E-state index is 13.2. The molecule has 35 heavy (non-hydrogen) atoms. The first kappa shape index (κ1) is 23.5. The zero-order valence-electron chi connectivity index (χ0n) is 19.8. The highest BCUT2D eigenvalue weighted by atomic mass is 31.2. The minimum atomic E-state index is -5.03. The molecule has 0 aromatic heterocycles. The number of allylic oxidation sites excluding steroid dienone is 3. The molecule has 2 aliphatic heterocycles. The van der Waals surface area contributed by atoms with Crippen molar-refractivity contribution in [3.05, 3.63) is 57.8 Å². The number of likely N-dealkylation sites (N-methyl/N-ethyl adjacent to an activating group) is 1. The molecular formula is C24H25N2O8P. The van der Waals surface area contributed by atoms with Gasteiger partial charge in [0.2, 0.25) is 0 Å². The number of ether oxygens (including phenoxy) is 1. The lowest BCUT2D eigenvalue weighted by atomic mass is 9.52. The maximum absolute atomic E-state index is 13.2. The Hall–Kier alpha value is -3.20. The van der Waals surface area contributed by atoms with E-state index in [4.69, 9.17) is 9.26 Å². The van der Waals surface area contributed by atoms with Gasteiger partial charge in [0.25, 0.3) is 11.8 Å². The van der Waals surface area contributed by atoms with Crippen LogP contribution >= 0.6 is 7.82 Å². The number of nitrogens with one attached hydrogen (secondary N) is 2. The first-order valence-corrected chi connectivity index (χ1v) is 12.5. The van der Waals surface area contributed by atoms with Gasteiger partial charge in [-0.15, -0.1) is 0 Å². The molecule has 2 heterocycles. The van der Waals surface area contributed by atoms with Gasteiger partial charge in [0.1, 0.15) is 11.5 Å². The van der Waals surface area contributed by atoms with E-state index in [9.17, 15) is 28.7 Å². The molecule has 0 fully saturated rings. The van der Waals surface area contributed by atoms with Crippen LogP contribution in [-0.2, 0) is 15.8 Å². The summed E-state index contributed by atoms with van der Waals surface area (Å²) in [6, 6.07) is 1.34. The Morgan fingerprint density at radius 3 is 2.40 bits per heavy atom. The Morgan fingerprint density at radius 1 is 1.11 bits per heavy atom. The van der Waals surface area contributed by atoms with Gasteiger partial charge in [-0.1, -0.05) is 24.6 Å². The number of imide groups is 1. The fourth-order valence-corrected chi connectivity index (χ4v) is 6.15. The van der Waals surface area contributed by atoms with Crippen molar-refractivity contribution in [1.82, 2.24) is 10.6 Å². The molecule has 0 radical (unpaired) electrons. The second-order valence-corrected chi connectivity index (χ2v) is 11.2. The molecule has 2 amide bonds. The predicted octanol–water partition coefficient (Wildman–Crippen LogP) is 2.32. The largest absolute Gasteiger partial charge is 0.524 e. The van der Waals surface area contributed by atoms with Crippen molar-refractivity contribution in [3.8, 4) is 11.5 Å². The molecular weight excluding hydrogens is 475 g/mol. The number of ketones is 1. The Kier molecular flexibility index (Phi) is 4.66. The summed E-state index contributed by atoms with van der Waals surface area (Å²) in [5, 5.41) is 5.14. The van der Waals surface area contributed by atoms with Crippen LogP contribution in [0.3, 0.4) is 0 Å². The normalized spacial score (nSPS) is 28.3. The number of carbonyl (C=O) groups is 3. The van der Waals surface area contributed by atoms with E-state index in [2.05, 4.69) is 10.6 Å². The number of amides is 2. The van der Waals surface area contributed by atoms with Gasteiger partial charge in [-0.2, -0.15) is 0 Å². The molecule has 184 valence electrons. The highest BCUT2D eigenvalue weighted by Crippen LogP contribution is 2.62. The van der Waals surface area contributed by atoms with Crippen LogP contribution in [0.4, 0.5) is 0 Å². The van der Waals surface area contributed by atoms with Crippen molar-refractivity contribution < 1.29 is 38.0 Å². The van der Waals surface area contributed by atoms with Crippen molar-refractivity contribution in [2.45, 2.75) is 39.7 Å². The fraction of sp³-hybridized carbons (Fsp3) is 0.375. The maximum Gasteiger partial charge on any atom is 0.524 e. The molecule has 0 bridgehead atoms. The Labute approximate surface area is 201 Å². The van der Waals surface area contributed by atoms with Crippen LogP contribution in [0.15, 0.2) is 41.1 Å². The molecule has 0 saturated carbocycles. The number of hydrogen-bond acceptors (Lipinski definition) is 7. The van der Waals surface area contributed by atoms with E-state index >= 15 is 0 Å². The van der Waals surface area contributed by atoms with Crippen LogP contribution < -0.4 is 19.9 Å². The molecule has 10 nitrogen and oxygen atoms in total. The zero-order chi connectivity index (χ0) is 25.7. The average molecular weight is 500 g/mol. The molecule has 0 saturated heterocycles. The molecule has 2 unspecified atom stereocenters. The van der Waals surface area contributed by atoms with Gasteiger partial charge < -0.3 is 14.6 Å². The van der Waals surface area contributed by atoms with Gasteiger partial charge in [-0.25, -0.2) is 4.57 Å². The number of benzene rings is 1. The smallest absolute Gasteiger partial charge is 0.477 e. The summed E-state index contributed by atoms with van der Waals surface area (Å²) in [5.41, 5.74) is -0.806. The summed E-state index contributed by atoms with van der Waals surface area (Å²) in [5.74, 6) is -1.97. The van der Waals surface area contributed by atoms with Gasteiger partial charge in [-0.3, -0.25) is 29.5 Å². The van der Waals surface area contributed by atoms with Gasteiger partial charge in [0, 0.05) is 12.5 Å². The minimum absolute atomic E-state index is 0.106. The Morgan fingerprint density at radius 2 is 1.77 bits per heavy atom. The van der Waals surface area contributed by atoms with Crippen LogP contribution in [0.25, 0.3) is 0 Å². The highest BCUT2D eigenvalue weighted by Gasteiger charge is 2.63. The number of fused-ring (bicyclic) bond motifs is 3. The number of rotatable bonds is 3. The van der Waals surface area contributed by atoms with E-state index in [1.807, 2.05) is 39.8 Å². The van der Waals surface area contributed by atoms with Crippen LogP contribution in [0.2, 0.25) is 0 Å². The standard InChI is InChI=1S/C24H25N2O8P/c1-11-6-7-15-22(2,3)19(27)13(25-5)10-24(15)23(11,4)9-12-8-14(34-35(30,31)32)16-17(18(12)33-24)21(29)26-20(16)28/h6-8,10,25H,9H2,1-5H3,(H,26,28,29)(H2,30,31,32). The lowest BCUT2D eigenvalue weighted by Gasteiger charge is -2.58. The van der Waals surface area contributed by atoms with E-state index in [1.54, 1.807) is 13.1 Å². The SMILES string of the molecule is CNC1=CC23Oc4c(cc(OP(=O)(O)O)c5c4C(=O)NC5=O)CC2(C)C(C)=CC=C3C(C)(C)C1=O. The van der Waals surface area contributed by atoms with Gasteiger partial charge in [0.05, 0.1) is 22.2 Å². The van der Waals surface area contributed by atoms with E-state index < -0.39 is 41.8 Å². The Balaban J connectivity index is 1.84. The quantitative estimate of drug-likeness (QED) is 0.362. The van der Waals surface area contributed by atoms with E-state index in [0.717, 1.165) is 5.57 Å². The van der Waals surface area contributed by atoms with Crippen molar-refractivity contribution in [3.63, 3.8) is 0 Å². The van der Waals surface area contributed by atoms with Crippen LogP contribution in [-0.4, -0.2) is 40.0 Å². The highest BCUT2D eigenvalue weighted by molar-refractivity contribution is 7.46. The van der Waals surface area contributed by atoms with Crippen LogP contribution in [0, 0.1) is 10.8 Å². The summed E-state index contributed by atoms with van der Waals surface area (Å²) >= 11 is 0. The average Bonchev–Trinajstić information content (AvgIpc) is 3.04. The molecule has 1 spiro atoms. The number of carbonyl (C=O) groups excluding carboxylic acids is 3. The molecule has 1 aromatic carbocycles. The molecule has 2 aliphatic carbocycles. The summed E-state index contributed by atoms with van der Waals surface area (Å²) in [7, 11) is -3.38. The molecule has 11 heteroatoms. The van der Waals surface area contributed by atoms with E-state index in [1.165, 1.54) is 6.07 Å². The van der Waals surface area contributed by atoms with Gasteiger partial charge in [0.15, 0.2) is 11.4 Å². The topological polar surface area (TPSA) is 151 Å². The lowest BCUT2D eigenvalue weighted by Crippen LogP contribution is -2.62. The number of Topliss-reactive ketones (excluding diaryl/α,β-unsaturated/α-hetero) is 1. The summed E-state index contributed by atoms with van der Waals surface area (Å²) in [6.45, 7) is 7.56. The summed E-state index contributed by atoms with van der Waals surface area (Å²) in [6.07, 6.45) is 5.84. The molecule has 2 atom stereocenters. The summed E-state index contributed by atoms with van der Waals surface area (Å²) < 4.78 is 23.2. The second-order valence-electron chi connectivity index (χ2n) is 10.0. The van der Waals surface area contributed by atoms with Gasteiger partial charge in [-0.05, 0) is 50.5 Å². The first-order chi connectivity index (χ1) is 16.2. The lowest BCUT2D eigenvalue weighted by molar-refractivity contribution is -0.125. The number of phosphoric acid groups is 1. The Bertz CT molecular complexity index is 1400. The minimum Gasteiger partial charge on any atom is -0.477 e. The first-order valence-electron chi connectivity index (χ1n) is 11.0. The molecule has 4 aliphatic rings. The van der Waals surface area contributed by atoms with E-state index in [-0.39, 0.29) is 29.1 Å². The third-order valence-electron chi connectivity index (χ3n) is 7.72. The van der Waals surface area contributed by atoms with E-state index in [0.29, 0.717) is 16.8 Å². The number of hydrogen-bond donors (Lipinski definition) is 4. The van der Waals surface area contributed by atoms with Crippen molar-refractivity contribution in [2.24, 2.45) is 10.8 Å². The molecule has 5 rings (SSSR count). The second kappa shape index (κ2) is 6.94. The van der Waals surface area contributed by atoms with Crippen molar-refractivity contribution in [1.29, 1.82) is 0 Å². The zero-order valence-corrected chi connectivity index (χ0v) is 20.7. The van der Waals surface area contributed by atoms with Crippen LogP contribution in [0.5, 0.6) is 11.5 Å². The predicted molar refractivity (Wildman–Crippen MR) is 124 cm³/mol. The van der Waals surface area contributed by atoms with Crippen molar-refractivity contribution >= 4 is 25.4 Å². The van der Waals surface area contributed by atoms with Gasteiger partial charge >= 0.3 is 7.82 Å². The number of phosphoric ester groups is 1. The third-order valence-corrected chi connectivity index (χ3v) is 8.15. The van der Waals surface area contributed by atoms with Crippen LogP contribution in [0.1, 0.15) is 54.0 Å². The monoisotopic (exact) mass is 500 g/mol. The molecule has 4 N–H and O–H groups in total. The fourth-order valence-electron chi connectivity index (χ4n) is 5.75. The molecule has 1 aromatic rings.